The van der Waals surface area contributed by atoms with Crippen LogP contribution in [0.15, 0.2) is 12.4 Å². The molecule has 0 aliphatic heterocycles. The van der Waals surface area contributed by atoms with Gasteiger partial charge in [-0.3, -0.25) is 9.48 Å². The summed E-state index contributed by atoms with van der Waals surface area (Å²) in [6.45, 7) is 0. The van der Waals surface area contributed by atoms with Crippen molar-refractivity contribution < 1.29 is 14.7 Å². The van der Waals surface area contributed by atoms with Gasteiger partial charge in [-0.15, -0.1) is 0 Å². The molecule has 6 nitrogen and oxygen atoms in total. The standard InChI is InChI=1S/C13H17N3O3/c1-16-6-7(5-14-16)11(13(18)19)15-12(17)10-8-3-2-4-9(8)10/h5-6,8-11H,2-4H2,1H3,(H,15,17)(H,18,19). The Morgan fingerprint density at radius 3 is 2.68 bits per heavy atom. The molecule has 0 aromatic carbocycles. The third-order valence-electron chi connectivity index (χ3n) is 4.30. The van der Waals surface area contributed by atoms with Crippen molar-refractivity contribution in [3.8, 4) is 0 Å². The molecule has 3 atom stereocenters. The topological polar surface area (TPSA) is 84.2 Å². The van der Waals surface area contributed by atoms with Gasteiger partial charge in [0.2, 0.25) is 5.91 Å². The molecular weight excluding hydrogens is 246 g/mol. The molecule has 2 saturated carbocycles. The Morgan fingerprint density at radius 1 is 1.47 bits per heavy atom. The third-order valence-corrected chi connectivity index (χ3v) is 4.30. The molecule has 0 spiro atoms. The molecule has 2 aliphatic carbocycles. The molecule has 1 amide bonds. The predicted molar refractivity (Wildman–Crippen MR) is 66.0 cm³/mol. The third kappa shape index (κ3) is 2.11. The molecule has 1 heterocycles. The van der Waals surface area contributed by atoms with Crippen molar-refractivity contribution in [3.05, 3.63) is 18.0 Å². The fourth-order valence-corrected chi connectivity index (χ4v) is 3.33. The predicted octanol–water partition coefficient (Wildman–Crippen LogP) is 0.708. The second-order valence-corrected chi connectivity index (χ2v) is 5.51. The van der Waals surface area contributed by atoms with E-state index in [2.05, 4.69) is 10.4 Å². The molecule has 1 aromatic heterocycles. The maximum absolute atomic E-state index is 12.1. The number of fused-ring (bicyclic) bond motifs is 1. The van der Waals surface area contributed by atoms with Gasteiger partial charge in [0.25, 0.3) is 0 Å². The van der Waals surface area contributed by atoms with Gasteiger partial charge in [0.1, 0.15) is 0 Å². The van der Waals surface area contributed by atoms with Gasteiger partial charge >= 0.3 is 5.97 Å². The first-order chi connectivity index (χ1) is 9.08. The van der Waals surface area contributed by atoms with Crippen LogP contribution in [0.3, 0.4) is 0 Å². The number of carbonyl (C=O) groups excluding carboxylic acids is 1. The first-order valence-electron chi connectivity index (χ1n) is 6.59. The lowest BCUT2D eigenvalue weighted by Gasteiger charge is -2.13. The van der Waals surface area contributed by atoms with E-state index in [1.165, 1.54) is 17.3 Å². The van der Waals surface area contributed by atoms with Gasteiger partial charge in [0.15, 0.2) is 6.04 Å². The smallest absolute Gasteiger partial charge is 0.331 e. The Labute approximate surface area is 110 Å². The molecule has 0 saturated heterocycles. The van der Waals surface area contributed by atoms with Crippen LogP contribution in [-0.2, 0) is 16.6 Å². The van der Waals surface area contributed by atoms with E-state index in [1.54, 1.807) is 13.2 Å². The van der Waals surface area contributed by atoms with Gasteiger partial charge in [-0.2, -0.15) is 5.10 Å². The van der Waals surface area contributed by atoms with Crippen molar-refractivity contribution in [2.24, 2.45) is 24.8 Å². The number of aromatic nitrogens is 2. The van der Waals surface area contributed by atoms with Crippen LogP contribution in [0, 0.1) is 17.8 Å². The van der Waals surface area contributed by atoms with Gasteiger partial charge in [0, 0.05) is 24.7 Å². The first-order valence-corrected chi connectivity index (χ1v) is 6.59. The van der Waals surface area contributed by atoms with E-state index in [1.807, 2.05) is 0 Å². The fourth-order valence-electron chi connectivity index (χ4n) is 3.33. The number of nitrogens with one attached hydrogen (secondary N) is 1. The molecule has 2 fully saturated rings. The Morgan fingerprint density at radius 2 is 2.16 bits per heavy atom. The summed E-state index contributed by atoms with van der Waals surface area (Å²) in [5.74, 6) is -0.155. The average molecular weight is 263 g/mol. The van der Waals surface area contributed by atoms with E-state index in [0.29, 0.717) is 17.4 Å². The molecule has 2 N–H and O–H groups in total. The van der Waals surface area contributed by atoms with Gasteiger partial charge in [-0.1, -0.05) is 6.42 Å². The number of carboxylic acids is 1. The van der Waals surface area contributed by atoms with Crippen LogP contribution in [-0.4, -0.2) is 26.8 Å². The highest BCUT2D eigenvalue weighted by molar-refractivity contribution is 5.87. The minimum absolute atomic E-state index is 0.0345. The van der Waals surface area contributed by atoms with Crippen LogP contribution in [0.4, 0.5) is 0 Å². The first kappa shape index (κ1) is 12.2. The summed E-state index contributed by atoms with van der Waals surface area (Å²) in [7, 11) is 1.72. The zero-order valence-electron chi connectivity index (χ0n) is 10.7. The molecule has 2 aliphatic rings. The van der Waals surface area contributed by atoms with Crippen molar-refractivity contribution in [1.82, 2.24) is 15.1 Å². The minimum Gasteiger partial charge on any atom is -0.479 e. The number of nitrogens with zero attached hydrogens (tertiary/aromatic N) is 2. The average Bonchev–Trinajstić information content (AvgIpc) is 2.74. The van der Waals surface area contributed by atoms with Crippen molar-refractivity contribution in [3.63, 3.8) is 0 Å². The molecule has 19 heavy (non-hydrogen) atoms. The summed E-state index contributed by atoms with van der Waals surface area (Å²) in [5, 5.41) is 15.8. The number of aliphatic carboxylic acids is 1. The molecule has 0 bridgehead atoms. The van der Waals surface area contributed by atoms with E-state index in [-0.39, 0.29) is 11.8 Å². The summed E-state index contributed by atoms with van der Waals surface area (Å²) < 4.78 is 1.53. The lowest BCUT2D eigenvalue weighted by molar-refractivity contribution is -0.142. The number of carbonyl (C=O) groups is 2. The summed E-state index contributed by atoms with van der Waals surface area (Å²) in [5.41, 5.74) is 0.508. The SMILES string of the molecule is Cn1cc(C(NC(=O)C2C3CCCC32)C(=O)O)cn1. The normalized spacial score (nSPS) is 29.6. The number of hydrogen-bond donors (Lipinski definition) is 2. The van der Waals surface area contributed by atoms with Crippen molar-refractivity contribution >= 4 is 11.9 Å². The highest BCUT2D eigenvalue weighted by Crippen LogP contribution is 2.57. The van der Waals surface area contributed by atoms with Gasteiger partial charge in [0.05, 0.1) is 6.20 Å². The summed E-state index contributed by atoms with van der Waals surface area (Å²) >= 11 is 0. The second kappa shape index (κ2) is 4.36. The lowest BCUT2D eigenvalue weighted by Crippen LogP contribution is -2.35. The minimum atomic E-state index is -1.05. The van der Waals surface area contributed by atoms with Crippen LogP contribution in [0.1, 0.15) is 30.9 Å². The molecular formula is C13H17N3O3. The Kier molecular flexibility index (Phi) is 2.80. The highest BCUT2D eigenvalue weighted by Gasteiger charge is 2.56. The van der Waals surface area contributed by atoms with Crippen LogP contribution in [0.2, 0.25) is 0 Å². The van der Waals surface area contributed by atoms with E-state index < -0.39 is 12.0 Å². The van der Waals surface area contributed by atoms with Crippen molar-refractivity contribution in [2.75, 3.05) is 0 Å². The number of aryl methyl sites for hydroxylation is 1. The molecule has 1 aromatic rings. The van der Waals surface area contributed by atoms with E-state index in [9.17, 15) is 14.7 Å². The van der Waals surface area contributed by atoms with Crippen LogP contribution in [0.5, 0.6) is 0 Å². The van der Waals surface area contributed by atoms with Gasteiger partial charge < -0.3 is 10.4 Å². The molecule has 6 heteroatoms. The molecule has 0 radical (unpaired) electrons. The number of hydrogen-bond acceptors (Lipinski definition) is 3. The number of amides is 1. The zero-order valence-corrected chi connectivity index (χ0v) is 10.7. The summed E-state index contributed by atoms with van der Waals surface area (Å²) in [6, 6.07) is -0.998. The van der Waals surface area contributed by atoms with Crippen LogP contribution in [0.25, 0.3) is 0 Å². The maximum Gasteiger partial charge on any atom is 0.331 e. The Bertz CT molecular complexity index is 515. The maximum atomic E-state index is 12.1. The van der Waals surface area contributed by atoms with Crippen molar-refractivity contribution in [2.45, 2.75) is 25.3 Å². The summed E-state index contributed by atoms with van der Waals surface area (Å²) in [4.78, 5) is 23.4. The Balaban J connectivity index is 1.69. The van der Waals surface area contributed by atoms with Crippen molar-refractivity contribution in [1.29, 1.82) is 0 Å². The van der Waals surface area contributed by atoms with Crippen LogP contribution >= 0.6 is 0 Å². The fraction of sp³-hybridized carbons (Fsp3) is 0.615. The quantitative estimate of drug-likeness (QED) is 0.837. The number of carboxylic acid groups (broad SMARTS) is 1. The van der Waals surface area contributed by atoms with E-state index in [0.717, 1.165) is 12.8 Å². The van der Waals surface area contributed by atoms with Gasteiger partial charge in [-0.25, -0.2) is 4.79 Å². The van der Waals surface area contributed by atoms with Crippen LogP contribution < -0.4 is 5.32 Å². The Hall–Kier alpha value is -1.85. The molecule has 102 valence electrons. The monoisotopic (exact) mass is 263 g/mol. The zero-order chi connectivity index (χ0) is 13.6. The van der Waals surface area contributed by atoms with E-state index in [4.69, 9.17) is 0 Å². The summed E-state index contributed by atoms with van der Waals surface area (Å²) in [6.07, 6.45) is 6.50. The molecule has 3 unspecified atom stereocenters. The second-order valence-electron chi connectivity index (χ2n) is 5.51. The molecule has 3 rings (SSSR count). The van der Waals surface area contributed by atoms with Gasteiger partial charge in [-0.05, 0) is 24.7 Å². The highest BCUT2D eigenvalue weighted by atomic mass is 16.4. The lowest BCUT2D eigenvalue weighted by atomic mass is 10.1. The largest absolute Gasteiger partial charge is 0.479 e. The number of rotatable bonds is 4. The van der Waals surface area contributed by atoms with E-state index >= 15 is 0 Å².